The maximum atomic E-state index is 13.0. The normalized spacial score (nSPS) is 15.0. The fourth-order valence-corrected chi connectivity index (χ4v) is 2.95. The first-order valence-corrected chi connectivity index (χ1v) is 9.30. The molecule has 0 atom stereocenters. The average molecular weight is 424 g/mol. The van der Waals surface area contributed by atoms with E-state index in [9.17, 15) is 19.2 Å². The molecule has 2 aromatic carbocycles. The monoisotopic (exact) mass is 424 g/mol. The SMILES string of the molecule is CCOC(=O)c1ccc(N2C(=O)NC(=O)/C(=C/c3ccc(OC)cc3OC)C2=O)cc1. The molecule has 0 bridgehead atoms. The molecule has 0 spiro atoms. The number of carbonyl (C=O) groups is 4. The van der Waals surface area contributed by atoms with Crippen LogP contribution in [0.25, 0.3) is 6.08 Å². The van der Waals surface area contributed by atoms with E-state index < -0.39 is 23.8 Å². The number of imide groups is 2. The Morgan fingerprint density at radius 3 is 2.35 bits per heavy atom. The van der Waals surface area contributed by atoms with E-state index in [1.807, 2.05) is 0 Å². The molecule has 160 valence electrons. The van der Waals surface area contributed by atoms with Crippen molar-refractivity contribution in [1.82, 2.24) is 5.32 Å². The van der Waals surface area contributed by atoms with Crippen LogP contribution in [0.5, 0.6) is 11.5 Å². The summed E-state index contributed by atoms with van der Waals surface area (Å²) in [6.07, 6.45) is 1.34. The molecule has 0 radical (unpaired) electrons. The van der Waals surface area contributed by atoms with Gasteiger partial charge in [0.1, 0.15) is 17.1 Å². The van der Waals surface area contributed by atoms with Gasteiger partial charge in [0.05, 0.1) is 32.1 Å². The predicted molar refractivity (Wildman–Crippen MR) is 111 cm³/mol. The van der Waals surface area contributed by atoms with Gasteiger partial charge in [-0.1, -0.05) is 0 Å². The summed E-state index contributed by atoms with van der Waals surface area (Å²) in [7, 11) is 2.95. The number of anilines is 1. The molecule has 0 aromatic heterocycles. The maximum absolute atomic E-state index is 13.0. The number of nitrogens with one attached hydrogen (secondary N) is 1. The van der Waals surface area contributed by atoms with Crippen LogP contribution in [0.15, 0.2) is 48.0 Å². The highest BCUT2D eigenvalue weighted by Crippen LogP contribution is 2.28. The van der Waals surface area contributed by atoms with Gasteiger partial charge < -0.3 is 14.2 Å². The number of hydrogen-bond donors (Lipinski definition) is 1. The van der Waals surface area contributed by atoms with Crippen LogP contribution in [0, 0.1) is 0 Å². The van der Waals surface area contributed by atoms with E-state index in [0.29, 0.717) is 17.1 Å². The van der Waals surface area contributed by atoms with Gasteiger partial charge in [-0.25, -0.2) is 14.5 Å². The Bertz CT molecular complexity index is 1070. The molecule has 1 saturated heterocycles. The number of esters is 1. The first kappa shape index (κ1) is 21.6. The van der Waals surface area contributed by atoms with E-state index in [0.717, 1.165) is 4.90 Å². The molecule has 2 aromatic rings. The number of carbonyl (C=O) groups excluding carboxylic acids is 4. The Labute approximate surface area is 178 Å². The standard InChI is InChI=1S/C22H20N2O7/c1-4-31-21(27)13-5-8-15(9-6-13)24-20(26)17(19(25)23-22(24)28)11-14-7-10-16(29-2)12-18(14)30-3/h5-12H,4H2,1-3H3,(H,23,25,28)/b17-11-. The Balaban J connectivity index is 1.96. The molecular formula is C22H20N2O7. The molecule has 1 fully saturated rings. The topological polar surface area (TPSA) is 111 Å². The Kier molecular flexibility index (Phi) is 6.35. The summed E-state index contributed by atoms with van der Waals surface area (Å²) in [6.45, 7) is 1.91. The lowest BCUT2D eigenvalue weighted by atomic mass is 10.1. The number of amides is 4. The zero-order chi connectivity index (χ0) is 22.5. The van der Waals surface area contributed by atoms with E-state index in [-0.39, 0.29) is 23.4 Å². The van der Waals surface area contributed by atoms with Crippen LogP contribution in [-0.4, -0.2) is 44.6 Å². The van der Waals surface area contributed by atoms with Crippen molar-refractivity contribution in [3.63, 3.8) is 0 Å². The number of benzene rings is 2. The molecule has 1 aliphatic heterocycles. The summed E-state index contributed by atoms with van der Waals surface area (Å²) in [6, 6.07) is 9.69. The molecule has 3 rings (SSSR count). The van der Waals surface area contributed by atoms with Gasteiger partial charge in [0, 0.05) is 11.6 Å². The van der Waals surface area contributed by atoms with E-state index in [1.165, 1.54) is 44.6 Å². The van der Waals surface area contributed by atoms with Crippen molar-refractivity contribution in [3.05, 3.63) is 59.2 Å². The summed E-state index contributed by atoms with van der Waals surface area (Å²) in [5.74, 6) is -1.24. The Morgan fingerprint density at radius 2 is 1.74 bits per heavy atom. The highest BCUT2D eigenvalue weighted by Gasteiger charge is 2.37. The summed E-state index contributed by atoms with van der Waals surface area (Å²) in [5.41, 5.74) is 0.659. The third-order valence-corrected chi connectivity index (χ3v) is 4.48. The van der Waals surface area contributed by atoms with Gasteiger partial charge in [0.2, 0.25) is 0 Å². The van der Waals surface area contributed by atoms with E-state index in [1.54, 1.807) is 25.1 Å². The number of nitrogens with zero attached hydrogens (tertiary/aromatic N) is 1. The molecule has 0 aliphatic carbocycles. The highest BCUT2D eigenvalue weighted by atomic mass is 16.5. The first-order chi connectivity index (χ1) is 14.9. The molecule has 9 heteroatoms. The maximum Gasteiger partial charge on any atom is 0.338 e. The number of barbiturate groups is 1. The predicted octanol–water partition coefficient (Wildman–Crippen LogP) is 2.55. The van der Waals surface area contributed by atoms with Gasteiger partial charge in [0.15, 0.2) is 0 Å². The Morgan fingerprint density at radius 1 is 1.03 bits per heavy atom. The molecule has 1 aliphatic rings. The number of methoxy groups -OCH3 is 2. The minimum Gasteiger partial charge on any atom is -0.497 e. The third kappa shape index (κ3) is 4.40. The lowest BCUT2D eigenvalue weighted by Gasteiger charge is -2.26. The van der Waals surface area contributed by atoms with Crippen LogP contribution in [0.4, 0.5) is 10.5 Å². The molecular weight excluding hydrogens is 404 g/mol. The van der Waals surface area contributed by atoms with Crippen molar-refractivity contribution in [1.29, 1.82) is 0 Å². The largest absolute Gasteiger partial charge is 0.497 e. The first-order valence-electron chi connectivity index (χ1n) is 9.30. The van der Waals surface area contributed by atoms with Crippen molar-refractivity contribution in [3.8, 4) is 11.5 Å². The number of hydrogen-bond acceptors (Lipinski definition) is 7. The van der Waals surface area contributed by atoms with Crippen molar-refractivity contribution in [2.24, 2.45) is 0 Å². The van der Waals surface area contributed by atoms with Gasteiger partial charge >= 0.3 is 12.0 Å². The van der Waals surface area contributed by atoms with Gasteiger partial charge in [-0.2, -0.15) is 0 Å². The molecule has 0 unspecified atom stereocenters. The van der Waals surface area contributed by atoms with Gasteiger partial charge in [-0.3, -0.25) is 14.9 Å². The molecule has 4 amide bonds. The van der Waals surface area contributed by atoms with E-state index in [4.69, 9.17) is 14.2 Å². The minimum absolute atomic E-state index is 0.190. The Hall–Kier alpha value is -4.14. The lowest BCUT2D eigenvalue weighted by molar-refractivity contribution is -0.122. The van der Waals surface area contributed by atoms with Crippen LogP contribution in [0.1, 0.15) is 22.8 Å². The smallest absolute Gasteiger partial charge is 0.338 e. The zero-order valence-corrected chi connectivity index (χ0v) is 17.1. The van der Waals surface area contributed by atoms with Crippen molar-refractivity contribution >= 4 is 35.6 Å². The third-order valence-electron chi connectivity index (χ3n) is 4.48. The second kappa shape index (κ2) is 9.12. The van der Waals surface area contributed by atoms with Crippen LogP contribution in [0.2, 0.25) is 0 Å². The van der Waals surface area contributed by atoms with Crippen LogP contribution >= 0.6 is 0 Å². The second-order valence-electron chi connectivity index (χ2n) is 6.33. The van der Waals surface area contributed by atoms with Gasteiger partial charge in [-0.05, 0) is 49.4 Å². The molecule has 0 saturated carbocycles. The van der Waals surface area contributed by atoms with Crippen molar-refractivity contribution in [2.45, 2.75) is 6.92 Å². The average Bonchev–Trinajstić information content (AvgIpc) is 2.77. The zero-order valence-electron chi connectivity index (χ0n) is 17.1. The van der Waals surface area contributed by atoms with Crippen LogP contribution in [-0.2, 0) is 14.3 Å². The van der Waals surface area contributed by atoms with Gasteiger partial charge in [0.25, 0.3) is 11.8 Å². The second-order valence-corrected chi connectivity index (χ2v) is 6.33. The van der Waals surface area contributed by atoms with E-state index in [2.05, 4.69) is 5.32 Å². The summed E-state index contributed by atoms with van der Waals surface area (Å²) < 4.78 is 15.4. The lowest BCUT2D eigenvalue weighted by Crippen LogP contribution is -2.54. The molecule has 1 N–H and O–H groups in total. The number of urea groups is 1. The van der Waals surface area contributed by atoms with Crippen molar-refractivity contribution < 1.29 is 33.4 Å². The fourth-order valence-electron chi connectivity index (χ4n) is 2.95. The summed E-state index contributed by atoms with van der Waals surface area (Å²) in [5, 5.41) is 2.15. The molecule has 1 heterocycles. The highest BCUT2D eigenvalue weighted by molar-refractivity contribution is 6.39. The van der Waals surface area contributed by atoms with E-state index >= 15 is 0 Å². The molecule has 9 nitrogen and oxygen atoms in total. The molecule has 31 heavy (non-hydrogen) atoms. The fraction of sp³-hybridized carbons (Fsp3) is 0.182. The summed E-state index contributed by atoms with van der Waals surface area (Å²) in [4.78, 5) is 50.4. The van der Waals surface area contributed by atoms with Crippen LogP contribution < -0.4 is 19.7 Å². The van der Waals surface area contributed by atoms with Crippen LogP contribution in [0.3, 0.4) is 0 Å². The minimum atomic E-state index is -0.891. The van der Waals surface area contributed by atoms with Gasteiger partial charge in [-0.15, -0.1) is 0 Å². The summed E-state index contributed by atoms with van der Waals surface area (Å²) >= 11 is 0. The number of ether oxygens (including phenoxy) is 3. The number of rotatable bonds is 6. The van der Waals surface area contributed by atoms with Crippen molar-refractivity contribution in [2.75, 3.05) is 25.7 Å². The quantitative estimate of drug-likeness (QED) is 0.431.